The van der Waals surface area contributed by atoms with Crippen LogP contribution in [0.25, 0.3) is 0 Å². The third-order valence-electron chi connectivity index (χ3n) is 4.67. The number of ether oxygens (including phenoxy) is 1. The summed E-state index contributed by atoms with van der Waals surface area (Å²) in [4.78, 5) is 11.6. The Morgan fingerprint density at radius 2 is 2.16 bits per heavy atom. The largest absolute Gasteiger partial charge is 0.481 e. The molecule has 3 nitrogen and oxygen atoms in total. The Morgan fingerprint density at radius 3 is 2.84 bits per heavy atom. The number of carboxylic acid groups (broad SMARTS) is 1. The van der Waals surface area contributed by atoms with Crippen LogP contribution < -0.4 is 0 Å². The van der Waals surface area contributed by atoms with E-state index in [0.29, 0.717) is 18.9 Å². The van der Waals surface area contributed by atoms with Crippen LogP contribution in [0.2, 0.25) is 0 Å². The van der Waals surface area contributed by atoms with Crippen molar-refractivity contribution in [3.8, 4) is 0 Å². The molecule has 0 bridgehead atoms. The van der Waals surface area contributed by atoms with E-state index in [0.717, 1.165) is 19.3 Å². The van der Waals surface area contributed by atoms with Crippen LogP contribution in [0.15, 0.2) is 24.3 Å². The van der Waals surface area contributed by atoms with Crippen molar-refractivity contribution in [1.29, 1.82) is 0 Å². The smallest absolute Gasteiger partial charge is 0.309 e. The fraction of sp³-hybridized carbons (Fsp3) is 0.562. The zero-order valence-corrected chi connectivity index (χ0v) is 11.3. The lowest BCUT2D eigenvalue weighted by molar-refractivity contribution is -0.152. The minimum atomic E-state index is -0.679. The summed E-state index contributed by atoms with van der Waals surface area (Å²) < 4.78 is 5.86. The van der Waals surface area contributed by atoms with Crippen molar-refractivity contribution >= 4 is 5.97 Å². The van der Waals surface area contributed by atoms with Crippen LogP contribution in [0.1, 0.15) is 43.4 Å². The molecule has 1 aliphatic heterocycles. The first-order chi connectivity index (χ1) is 9.11. The average Bonchev–Trinajstić information content (AvgIpc) is 3.23. The predicted molar refractivity (Wildman–Crippen MR) is 71.9 cm³/mol. The van der Waals surface area contributed by atoms with Gasteiger partial charge in [-0.3, -0.25) is 4.79 Å². The second kappa shape index (κ2) is 4.64. The molecule has 1 fully saturated rings. The highest BCUT2D eigenvalue weighted by Gasteiger charge is 2.49. The summed E-state index contributed by atoms with van der Waals surface area (Å²) in [5.74, 6) is -0.357. The highest BCUT2D eigenvalue weighted by molar-refractivity contribution is 5.75. The Bertz CT molecular complexity index is 493. The lowest BCUT2D eigenvalue weighted by atomic mass is 9.77. The van der Waals surface area contributed by atoms with E-state index >= 15 is 0 Å². The summed E-state index contributed by atoms with van der Waals surface area (Å²) in [7, 11) is 0. The van der Waals surface area contributed by atoms with E-state index in [1.807, 2.05) is 19.1 Å². The van der Waals surface area contributed by atoms with Gasteiger partial charge in [0.15, 0.2) is 0 Å². The Morgan fingerprint density at radius 1 is 1.42 bits per heavy atom. The molecular formula is C16H20O3. The Hall–Kier alpha value is -1.35. The van der Waals surface area contributed by atoms with E-state index in [1.165, 1.54) is 11.1 Å². The van der Waals surface area contributed by atoms with Crippen LogP contribution in [0.5, 0.6) is 0 Å². The molecule has 1 heterocycles. The molecule has 3 heteroatoms. The fourth-order valence-corrected chi connectivity index (χ4v) is 3.18. The quantitative estimate of drug-likeness (QED) is 0.904. The molecule has 102 valence electrons. The molecule has 2 atom stereocenters. The summed E-state index contributed by atoms with van der Waals surface area (Å²) >= 11 is 0. The van der Waals surface area contributed by atoms with Gasteiger partial charge in [-0.2, -0.15) is 0 Å². The molecule has 0 radical (unpaired) electrons. The molecule has 2 unspecified atom stereocenters. The molecule has 0 saturated heterocycles. The topological polar surface area (TPSA) is 46.5 Å². The lowest BCUT2D eigenvalue weighted by Crippen LogP contribution is -2.33. The van der Waals surface area contributed by atoms with Crippen LogP contribution in [0, 0.1) is 11.3 Å². The average molecular weight is 260 g/mol. The standard InChI is InChI=1S/C16H20O3/c1-16(15(17)18,12-6-7-12)10-14-13-5-3-2-4-11(13)8-9-19-14/h2-5,12,14H,6-10H2,1H3,(H,17,18). The summed E-state index contributed by atoms with van der Waals surface area (Å²) in [6, 6.07) is 8.25. The van der Waals surface area contributed by atoms with E-state index in [1.54, 1.807) is 0 Å². The number of hydrogen-bond acceptors (Lipinski definition) is 2. The van der Waals surface area contributed by atoms with E-state index in [9.17, 15) is 9.90 Å². The predicted octanol–water partition coefficient (Wildman–Crippen LogP) is 3.19. The number of rotatable bonds is 4. The van der Waals surface area contributed by atoms with Gasteiger partial charge in [0.05, 0.1) is 18.1 Å². The van der Waals surface area contributed by atoms with Crippen LogP contribution >= 0.6 is 0 Å². The maximum Gasteiger partial charge on any atom is 0.309 e. The van der Waals surface area contributed by atoms with Gasteiger partial charge in [0.2, 0.25) is 0 Å². The third-order valence-corrected chi connectivity index (χ3v) is 4.67. The number of aliphatic carboxylic acids is 1. The van der Waals surface area contributed by atoms with Crippen LogP contribution in [0.4, 0.5) is 0 Å². The molecule has 1 aromatic rings. The molecule has 0 aromatic heterocycles. The van der Waals surface area contributed by atoms with E-state index in [-0.39, 0.29) is 6.10 Å². The van der Waals surface area contributed by atoms with Crippen molar-refractivity contribution in [2.75, 3.05) is 6.61 Å². The molecule has 3 rings (SSSR count). The molecule has 1 aromatic carbocycles. The molecule has 19 heavy (non-hydrogen) atoms. The van der Waals surface area contributed by atoms with Gasteiger partial charge in [-0.15, -0.1) is 0 Å². The van der Waals surface area contributed by atoms with Gasteiger partial charge in [-0.1, -0.05) is 24.3 Å². The van der Waals surface area contributed by atoms with Crippen molar-refractivity contribution in [3.63, 3.8) is 0 Å². The molecule has 0 amide bonds. The van der Waals surface area contributed by atoms with Crippen molar-refractivity contribution in [2.24, 2.45) is 11.3 Å². The number of carbonyl (C=O) groups is 1. The molecule has 0 spiro atoms. The van der Waals surface area contributed by atoms with E-state index in [2.05, 4.69) is 12.1 Å². The van der Waals surface area contributed by atoms with Gasteiger partial charge in [0, 0.05) is 0 Å². The van der Waals surface area contributed by atoms with Crippen molar-refractivity contribution < 1.29 is 14.6 Å². The zero-order valence-electron chi connectivity index (χ0n) is 11.3. The van der Waals surface area contributed by atoms with Crippen molar-refractivity contribution in [3.05, 3.63) is 35.4 Å². The summed E-state index contributed by atoms with van der Waals surface area (Å²) in [6.07, 6.45) is 3.53. The lowest BCUT2D eigenvalue weighted by Gasteiger charge is -2.33. The van der Waals surface area contributed by atoms with Gasteiger partial charge < -0.3 is 9.84 Å². The van der Waals surface area contributed by atoms with Gasteiger partial charge in [-0.05, 0) is 49.7 Å². The minimum absolute atomic E-state index is 0.0633. The summed E-state index contributed by atoms with van der Waals surface area (Å²) in [5, 5.41) is 9.57. The Labute approximate surface area is 113 Å². The normalized spacial score (nSPS) is 25.4. The van der Waals surface area contributed by atoms with E-state index < -0.39 is 11.4 Å². The number of hydrogen-bond donors (Lipinski definition) is 1. The van der Waals surface area contributed by atoms with Crippen LogP contribution in [-0.4, -0.2) is 17.7 Å². The SMILES string of the molecule is CC(CC1OCCc2ccccc21)(C(=O)O)C1CC1. The number of carboxylic acids is 1. The van der Waals surface area contributed by atoms with Gasteiger partial charge in [-0.25, -0.2) is 0 Å². The Balaban J connectivity index is 1.86. The zero-order chi connectivity index (χ0) is 13.5. The maximum atomic E-state index is 11.6. The van der Waals surface area contributed by atoms with Crippen LogP contribution in [0.3, 0.4) is 0 Å². The second-order valence-electron chi connectivity index (χ2n) is 6.01. The third kappa shape index (κ3) is 2.27. The summed E-state index contributed by atoms with van der Waals surface area (Å²) in [6.45, 7) is 2.58. The van der Waals surface area contributed by atoms with E-state index in [4.69, 9.17) is 4.74 Å². The number of fused-ring (bicyclic) bond motifs is 1. The molecule has 1 saturated carbocycles. The van der Waals surface area contributed by atoms with Gasteiger partial charge in [0.1, 0.15) is 0 Å². The summed E-state index contributed by atoms with van der Waals surface area (Å²) in [5.41, 5.74) is 1.85. The first-order valence-corrected chi connectivity index (χ1v) is 7.04. The van der Waals surface area contributed by atoms with Crippen LogP contribution in [-0.2, 0) is 16.0 Å². The first-order valence-electron chi connectivity index (χ1n) is 7.04. The second-order valence-corrected chi connectivity index (χ2v) is 6.01. The molecular weight excluding hydrogens is 240 g/mol. The number of benzene rings is 1. The molecule has 2 aliphatic rings. The fourth-order valence-electron chi connectivity index (χ4n) is 3.18. The Kier molecular flexibility index (Phi) is 3.09. The molecule has 1 aliphatic carbocycles. The van der Waals surface area contributed by atoms with Crippen molar-refractivity contribution in [1.82, 2.24) is 0 Å². The highest BCUT2D eigenvalue weighted by Crippen LogP contribution is 2.51. The van der Waals surface area contributed by atoms with Gasteiger partial charge in [0.25, 0.3) is 0 Å². The molecule has 1 N–H and O–H groups in total. The monoisotopic (exact) mass is 260 g/mol. The highest BCUT2D eigenvalue weighted by atomic mass is 16.5. The first kappa shape index (κ1) is 12.7. The minimum Gasteiger partial charge on any atom is -0.481 e. The van der Waals surface area contributed by atoms with Gasteiger partial charge >= 0.3 is 5.97 Å². The maximum absolute atomic E-state index is 11.6. The van der Waals surface area contributed by atoms with Crippen molar-refractivity contribution in [2.45, 2.75) is 38.7 Å².